The number of benzene rings is 3. The maximum Gasteiger partial charge on any atom is 0.416 e. The van der Waals surface area contributed by atoms with Gasteiger partial charge >= 0.3 is 6.18 Å². The van der Waals surface area contributed by atoms with E-state index in [9.17, 15) is 26.4 Å². The highest BCUT2D eigenvalue weighted by atomic mass is 32.2. The molecule has 2 aromatic heterocycles. The molecule has 240 valence electrons. The first-order valence-electron chi connectivity index (χ1n) is 15.5. The fourth-order valence-electron chi connectivity index (χ4n) is 6.98. The number of pyridine rings is 1. The van der Waals surface area contributed by atoms with E-state index in [0.717, 1.165) is 63.8 Å². The van der Waals surface area contributed by atoms with Crippen molar-refractivity contribution in [2.75, 3.05) is 6.26 Å². The molecular weight excluding hydrogens is 623 g/mol. The maximum atomic E-state index is 13.6. The summed E-state index contributed by atoms with van der Waals surface area (Å²) in [5, 5.41) is 0. The van der Waals surface area contributed by atoms with Gasteiger partial charge in [-0.3, -0.25) is 9.20 Å². The van der Waals surface area contributed by atoms with Crippen LogP contribution in [-0.4, -0.2) is 34.9 Å². The summed E-state index contributed by atoms with van der Waals surface area (Å²) in [4.78, 5) is 19.9. The standard InChI is InChI=1S/C37H32F3N3O3S/c1-3-5-31-35-36(31,28-6-4-7-29(21-28)37(38,39)40)18-16-34(44)43(35)23-24-8-10-26(11-9-24)32-22-41-33-20-27(17-19-42(32)33)25-12-14-30(15-13-25)47(2,45)46/h4,6-15,17,19-22H,3,5,16,18,23H2,1-2H3. The molecule has 1 fully saturated rings. The van der Waals surface area contributed by atoms with Gasteiger partial charge in [0.25, 0.3) is 0 Å². The molecule has 3 aromatic carbocycles. The lowest BCUT2D eigenvalue weighted by atomic mass is 9.81. The van der Waals surface area contributed by atoms with Gasteiger partial charge in [-0.05, 0) is 71.0 Å². The molecule has 10 heteroatoms. The summed E-state index contributed by atoms with van der Waals surface area (Å²) < 4.78 is 66.4. The Bertz CT molecular complexity index is 2170. The average molecular weight is 656 g/mol. The van der Waals surface area contributed by atoms with Crippen LogP contribution in [-0.2, 0) is 32.8 Å². The molecule has 1 unspecified atom stereocenters. The molecule has 7 rings (SSSR count). The number of allylic oxidation sites excluding steroid dienone is 2. The van der Waals surface area contributed by atoms with Crippen molar-refractivity contribution in [3.63, 3.8) is 0 Å². The molecule has 0 radical (unpaired) electrons. The van der Waals surface area contributed by atoms with Crippen LogP contribution >= 0.6 is 0 Å². The van der Waals surface area contributed by atoms with Crippen LogP contribution < -0.4 is 0 Å². The molecule has 1 saturated heterocycles. The van der Waals surface area contributed by atoms with Crippen LogP contribution in [0, 0.1) is 0 Å². The fourth-order valence-corrected chi connectivity index (χ4v) is 7.61. The van der Waals surface area contributed by atoms with Gasteiger partial charge in [-0.15, -0.1) is 0 Å². The van der Waals surface area contributed by atoms with Crippen molar-refractivity contribution >= 4 is 21.4 Å². The van der Waals surface area contributed by atoms with Crippen LogP contribution in [0.5, 0.6) is 0 Å². The molecule has 6 nitrogen and oxygen atoms in total. The zero-order chi connectivity index (χ0) is 33.1. The fraction of sp³-hybridized carbons (Fsp3) is 0.243. The Balaban J connectivity index is 1.13. The number of amides is 1. The van der Waals surface area contributed by atoms with Crippen LogP contribution in [0.25, 0.3) is 28.0 Å². The lowest BCUT2D eigenvalue weighted by Crippen LogP contribution is -2.36. The summed E-state index contributed by atoms with van der Waals surface area (Å²) in [6.45, 7) is 2.39. The minimum atomic E-state index is -4.43. The van der Waals surface area contributed by atoms with E-state index >= 15 is 0 Å². The molecular formula is C37H32F3N3O3S. The third-order valence-electron chi connectivity index (χ3n) is 9.33. The van der Waals surface area contributed by atoms with Gasteiger partial charge in [0.1, 0.15) is 5.65 Å². The van der Waals surface area contributed by atoms with Crippen molar-refractivity contribution in [2.45, 2.75) is 55.6 Å². The van der Waals surface area contributed by atoms with Gasteiger partial charge in [-0.2, -0.15) is 13.2 Å². The number of nitrogens with zero attached hydrogens (tertiary/aromatic N) is 3. The normalized spacial score (nSPS) is 18.1. The van der Waals surface area contributed by atoms with Gasteiger partial charge in [0, 0.05) is 30.1 Å². The van der Waals surface area contributed by atoms with E-state index in [1.165, 1.54) is 18.4 Å². The lowest BCUT2D eigenvalue weighted by molar-refractivity contribution is -0.137. The summed E-state index contributed by atoms with van der Waals surface area (Å²) in [7, 11) is -3.28. The van der Waals surface area contributed by atoms with Gasteiger partial charge in [0.2, 0.25) is 5.91 Å². The molecule has 1 aliphatic carbocycles. The number of halogens is 3. The second-order valence-electron chi connectivity index (χ2n) is 12.3. The topological polar surface area (TPSA) is 71.8 Å². The second-order valence-corrected chi connectivity index (χ2v) is 14.3. The molecule has 1 atom stereocenters. The predicted octanol–water partition coefficient (Wildman–Crippen LogP) is 8.22. The van der Waals surface area contributed by atoms with Crippen molar-refractivity contribution in [1.29, 1.82) is 0 Å². The van der Waals surface area contributed by atoms with Gasteiger partial charge in [0.05, 0.1) is 34.3 Å². The van der Waals surface area contributed by atoms with Crippen LogP contribution in [0.4, 0.5) is 13.2 Å². The number of carbonyl (C=O) groups excluding carboxylic acids is 1. The number of aromatic nitrogens is 2. The number of sulfone groups is 1. The van der Waals surface area contributed by atoms with E-state index in [0.29, 0.717) is 18.5 Å². The first-order valence-corrected chi connectivity index (χ1v) is 17.4. The highest BCUT2D eigenvalue weighted by Crippen LogP contribution is 2.63. The number of carbonyl (C=O) groups is 1. The zero-order valence-corrected chi connectivity index (χ0v) is 26.7. The Hall–Kier alpha value is -4.70. The van der Waals surface area contributed by atoms with Crippen LogP contribution in [0.15, 0.2) is 113 Å². The number of hydrogen-bond acceptors (Lipinski definition) is 4. The third-order valence-corrected chi connectivity index (χ3v) is 10.5. The number of fused-ring (bicyclic) bond motifs is 2. The minimum Gasteiger partial charge on any atom is -0.311 e. The highest BCUT2D eigenvalue weighted by Gasteiger charge is 2.59. The molecule has 1 amide bonds. The summed E-state index contributed by atoms with van der Waals surface area (Å²) >= 11 is 0. The molecule has 0 bridgehead atoms. The molecule has 0 spiro atoms. The van der Waals surface area contributed by atoms with Crippen molar-refractivity contribution in [3.05, 3.63) is 125 Å². The lowest BCUT2D eigenvalue weighted by Gasteiger charge is -2.32. The predicted molar refractivity (Wildman–Crippen MR) is 174 cm³/mol. The van der Waals surface area contributed by atoms with E-state index in [4.69, 9.17) is 0 Å². The molecule has 3 heterocycles. The summed E-state index contributed by atoms with van der Waals surface area (Å²) in [6, 6.07) is 24.2. The highest BCUT2D eigenvalue weighted by molar-refractivity contribution is 7.90. The molecule has 2 aliphatic rings. The number of piperidine rings is 1. The molecule has 0 N–H and O–H groups in total. The number of alkyl halides is 3. The summed E-state index contributed by atoms with van der Waals surface area (Å²) in [5.74, 6) is -0.0127. The van der Waals surface area contributed by atoms with E-state index in [2.05, 4.69) is 4.98 Å². The van der Waals surface area contributed by atoms with E-state index < -0.39 is 27.0 Å². The quantitative estimate of drug-likeness (QED) is 0.169. The summed E-state index contributed by atoms with van der Waals surface area (Å²) in [6.07, 6.45) is 2.82. The third kappa shape index (κ3) is 5.44. The van der Waals surface area contributed by atoms with Crippen molar-refractivity contribution < 1.29 is 26.4 Å². The minimum absolute atomic E-state index is 0.0127. The smallest absolute Gasteiger partial charge is 0.311 e. The van der Waals surface area contributed by atoms with Crippen LogP contribution in [0.3, 0.4) is 0 Å². The van der Waals surface area contributed by atoms with Gasteiger partial charge < -0.3 is 4.90 Å². The van der Waals surface area contributed by atoms with Crippen LogP contribution in [0.1, 0.15) is 49.3 Å². The monoisotopic (exact) mass is 655 g/mol. The van der Waals surface area contributed by atoms with Crippen molar-refractivity contribution in [1.82, 2.24) is 14.3 Å². The SMILES string of the molecule is CCCC1=C2N(Cc3ccc(-c4cnc5cc(-c6ccc(S(C)(=O)=O)cc6)ccn45)cc3)C(=O)CCC12c1cccc(C(F)(F)F)c1. The van der Waals surface area contributed by atoms with Crippen molar-refractivity contribution in [2.24, 2.45) is 0 Å². The van der Waals surface area contributed by atoms with Gasteiger partial charge in [-0.25, -0.2) is 13.4 Å². The molecule has 1 aliphatic heterocycles. The largest absolute Gasteiger partial charge is 0.416 e. The van der Waals surface area contributed by atoms with E-state index in [-0.39, 0.29) is 17.2 Å². The molecule has 0 saturated carbocycles. The first-order chi connectivity index (χ1) is 22.4. The molecule has 5 aromatic rings. The second kappa shape index (κ2) is 11.2. The Morgan fingerprint density at radius 2 is 1.64 bits per heavy atom. The Morgan fingerprint density at radius 1 is 0.915 bits per heavy atom. The van der Waals surface area contributed by atoms with E-state index in [1.807, 2.05) is 53.9 Å². The first kappa shape index (κ1) is 30.9. The average Bonchev–Trinajstić information content (AvgIpc) is 3.50. The number of rotatable bonds is 8. The number of hydrogen-bond donors (Lipinski definition) is 0. The Kier molecular flexibility index (Phi) is 7.39. The molecule has 47 heavy (non-hydrogen) atoms. The summed E-state index contributed by atoms with van der Waals surface area (Å²) in [5.41, 5.74) is 6.54. The van der Waals surface area contributed by atoms with Crippen molar-refractivity contribution in [3.8, 4) is 22.4 Å². The Labute approximate surface area is 271 Å². The Morgan fingerprint density at radius 3 is 2.32 bits per heavy atom. The number of imidazole rings is 1. The number of likely N-dealkylation sites (tertiary alicyclic amines) is 1. The zero-order valence-electron chi connectivity index (χ0n) is 25.9. The van der Waals surface area contributed by atoms with Gasteiger partial charge in [0.15, 0.2) is 9.84 Å². The van der Waals surface area contributed by atoms with Gasteiger partial charge in [-0.1, -0.05) is 67.9 Å². The van der Waals surface area contributed by atoms with E-state index in [1.54, 1.807) is 41.4 Å². The van der Waals surface area contributed by atoms with Crippen LogP contribution in [0.2, 0.25) is 0 Å². The maximum absolute atomic E-state index is 13.6.